The summed E-state index contributed by atoms with van der Waals surface area (Å²) in [4.78, 5) is 4.05. The van der Waals surface area contributed by atoms with Gasteiger partial charge in [-0.15, -0.1) is 0 Å². The van der Waals surface area contributed by atoms with Crippen LogP contribution in [-0.4, -0.2) is 23.7 Å². The molecule has 0 fully saturated rings. The molecule has 0 aliphatic rings. The SMILES string of the molecule is CNC(CCO)c1ccc2ncoc2c1. The van der Waals surface area contributed by atoms with E-state index in [2.05, 4.69) is 10.3 Å². The number of rotatable bonds is 4. The van der Waals surface area contributed by atoms with E-state index in [0.717, 1.165) is 16.7 Å². The molecule has 0 spiro atoms. The van der Waals surface area contributed by atoms with Crippen molar-refractivity contribution in [2.45, 2.75) is 12.5 Å². The monoisotopic (exact) mass is 206 g/mol. The molecule has 1 aromatic heterocycles. The van der Waals surface area contributed by atoms with E-state index in [9.17, 15) is 0 Å². The first kappa shape index (κ1) is 10.1. The average molecular weight is 206 g/mol. The van der Waals surface area contributed by atoms with Gasteiger partial charge in [0.2, 0.25) is 0 Å². The van der Waals surface area contributed by atoms with Crippen LogP contribution in [0, 0.1) is 0 Å². The van der Waals surface area contributed by atoms with E-state index in [1.54, 1.807) is 0 Å². The summed E-state index contributed by atoms with van der Waals surface area (Å²) in [5.74, 6) is 0. The Bertz CT molecular complexity index is 439. The fourth-order valence-electron chi connectivity index (χ4n) is 1.70. The van der Waals surface area contributed by atoms with Crippen molar-refractivity contribution in [1.82, 2.24) is 10.3 Å². The van der Waals surface area contributed by atoms with Crippen molar-refractivity contribution < 1.29 is 9.52 Å². The Hall–Kier alpha value is -1.39. The highest BCUT2D eigenvalue weighted by Gasteiger charge is 2.09. The number of hydrogen-bond acceptors (Lipinski definition) is 4. The van der Waals surface area contributed by atoms with Gasteiger partial charge in [0.15, 0.2) is 12.0 Å². The number of aromatic nitrogens is 1. The van der Waals surface area contributed by atoms with Crippen molar-refractivity contribution in [1.29, 1.82) is 0 Å². The summed E-state index contributed by atoms with van der Waals surface area (Å²) in [6.07, 6.45) is 2.13. The zero-order valence-corrected chi connectivity index (χ0v) is 8.60. The molecule has 15 heavy (non-hydrogen) atoms. The van der Waals surface area contributed by atoms with Crippen LogP contribution in [-0.2, 0) is 0 Å². The predicted molar refractivity (Wildman–Crippen MR) is 57.5 cm³/mol. The van der Waals surface area contributed by atoms with Gasteiger partial charge in [-0.25, -0.2) is 4.98 Å². The second-order valence-electron chi connectivity index (χ2n) is 3.43. The van der Waals surface area contributed by atoms with Crippen LogP contribution >= 0.6 is 0 Å². The van der Waals surface area contributed by atoms with Crippen LogP contribution in [0.5, 0.6) is 0 Å². The van der Waals surface area contributed by atoms with Crippen LogP contribution in [0.1, 0.15) is 18.0 Å². The molecule has 1 atom stereocenters. The smallest absolute Gasteiger partial charge is 0.181 e. The van der Waals surface area contributed by atoms with Crippen LogP contribution in [0.3, 0.4) is 0 Å². The third kappa shape index (κ3) is 2.00. The average Bonchev–Trinajstić information content (AvgIpc) is 2.72. The molecule has 4 nitrogen and oxygen atoms in total. The second kappa shape index (κ2) is 4.42. The van der Waals surface area contributed by atoms with E-state index in [1.165, 1.54) is 6.39 Å². The minimum atomic E-state index is 0.157. The molecule has 0 bridgehead atoms. The predicted octanol–water partition coefficient (Wildman–Crippen LogP) is 1.47. The number of hydrogen-bond donors (Lipinski definition) is 2. The molecule has 0 radical (unpaired) electrons. The second-order valence-corrected chi connectivity index (χ2v) is 3.43. The molecule has 0 saturated carbocycles. The molecule has 0 aliphatic carbocycles. The Balaban J connectivity index is 2.33. The van der Waals surface area contributed by atoms with Gasteiger partial charge in [-0.1, -0.05) is 6.07 Å². The fraction of sp³-hybridized carbons (Fsp3) is 0.364. The molecule has 4 heteroatoms. The summed E-state index contributed by atoms with van der Waals surface area (Å²) >= 11 is 0. The quantitative estimate of drug-likeness (QED) is 0.795. The van der Waals surface area contributed by atoms with Gasteiger partial charge in [0, 0.05) is 12.6 Å². The number of oxazole rings is 1. The highest BCUT2D eigenvalue weighted by atomic mass is 16.3. The molecule has 2 aromatic rings. The molecule has 2 rings (SSSR count). The molecule has 0 saturated heterocycles. The zero-order valence-electron chi connectivity index (χ0n) is 8.60. The minimum Gasteiger partial charge on any atom is -0.443 e. The zero-order chi connectivity index (χ0) is 10.7. The van der Waals surface area contributed by atoms with Gasteiger partial charge < -0.3 is 14.8 Å². The molecule has 0 aliphatic heterocycles. The number of aliphatic hydroxyl groups is 1. The van der Waals surface area contributed by atoms with Gasteiger partial charge in [-0.3, -0.25) is 0 Å². The van der Waals surface area contributed by atoms with Gasteiger partial charge in [0.05, 0.1) is 0 Å². The number of benzene rings is 1. The third-order valence-corrected chi connectivity index (χ3v) is 2.52. The summed E-state index contributed by atoms with van der Waals surface area (Å²) < 4.78 is 5.23. The highest BCUT2D eigenvalue weighted by Crippen LogP contribution is 2.21. The lowest BCUT2D eigenvalue weighted by Gasteiger charge is -2.14. The van der Waals surface area contributed by atoms with Gasteiger partial charge in [-0.05, 0) is 31.2 Å². The van der Waals surface area contributed by atoms with Crippen molar-refractivity contribution in [2.24, 2.45) is 0 Å². The van der Waals surface area contributed by atoms with Crippen molar-refractivity contribution in [3.63, 3.8) is 0 Å². The lowest BCUT2D eigenvalue weighted by Crippen LogP contribution is -2.17. The van der Waals surface area contributed by atoms with Crippen molar-refractivity contribution in [2.75, 3.05) is 13.7 Å². The van der Waals surface area contributed by atoms with E-state index < -0.39 is 0 Å². The summed E-state index contributed by atoms with van der Waals surface area (Å²) in [5, 5.41) is 12.1. The maximum absolute atomic E-state index is 8.93. The summed E-state index contributed by atoms with van der Waals surface area (Å²) in [6, 6.07) is 6.04. The maximum atomic E-state index is 8.93. The Morgan fingerprint density at radius 1 is 1.53 bits per heavy atom. The Morgan fingerprint density at radius 3 is 3.13 bits per heavy atom. The summed E-state index contributed by atoms with van der Waals surface area (Å²) in [6.45, 7) is 0.167. The largest absolute Gasteiger partial charge is 0.443 e. The van der Waals surface area contributed by atoms with Gasteiger partial charge in [-0.2, -0.15) is 0 Å². The topological polar surface area (TPSA) is 58.3 Å². The molecule has 2 N–H and O–H groups in total. The lowest BCUT2D eigenvalue weighted by atomic mass is 10.0. The van der Waals surface area contributed by atoms with Crippen molar-refractivity contribution in [3.8, 4) is 0 Å². The standard InChI is InChI=1S/C11H14N2O2/c1-12-9(4-5-14)8-2-3-10-11(6-8)15-7-13-10/h2-3,6-7,9,12,14H,4-5H2,1H3. The minimum absolute atomic E-state index is 0.157. The maximum Gasteiger partial charge on any atom is 0.181 e. The van der Waals surface area contributed by atoms with E-state index in [0.29, 0.717) is 6.42 Å². The molecule has 1 unspecified atom stereocenters. The van der Waals surface area contributed by atoms with Crippen LogP contribution in [0.4, 0.5) is 0 Å². The molecule has 0 amide bonds. The van der Waals surface area contributed by atoms with Crippen LogP contribution in [0.15, 0.2) is 29.0 Å². The van der Waals surface area contributed by atoms with Crippen molar-refractivity contribution in [3.05, 3.63) is 30.2 Å². The van der Waals surface area contributed by atoms with Gasteiger partial charge in [0.1, 0.15) is 5.52 Å². The fourth-order valence-corrected chi connectivity index (χ4v) is 1.70. The van der Waals surface area contributed by atoms with Crippen LogP contribution in [0.2, 0.25) is 0 Å². The van der Waals surface area contributed by atoms with Gasteiger partial charge in [0.25, 0.3) is 0 Å². The molecule has 80 valence electrons. The molecular formula is C11H14N2O2. The molecular weight excluding hydrogens is 192 g/mol. The first-order chi connectivity index (χ1) is 7.35. The van der Waals surface area contributed by atoms with E-state index in [-0.39, 0.29) is 12.6 Å². The Labute approximate surface area is 87.9 Å². The normalized spacial score (nSPS) is 13.2. The third-order valence-electron chi connectivity index (χ3n) is 2.52. The number of fused-ring (bicyclic) bond motifs is 1. The molecule has 1 heterocycles. The lowest BCUT2D eigenvalue weighted by molar-refractivity contribution is 0.269. The first-order valence-corrected chi connectivity index (χ1v) is 4.96. The van der Waals surface area contributed by atoms with Gasteiger partial charge >= 0.3 is 0 Å². The van der Waals surface area contributed by atoms with E-state index in [1.807, 2.05) is 25.2 Å². The Morgan fingerprint density at radius 2 is 2.40 bits per heavy atom. The number of nitrogens with one attached hydrogen (secondary N) is 1. The summed E-state index contributed by atoms with van der Waals surface area (Å²) in [5.41, 5.74) is 2.75. The van der Waals surface area contributed by atoms with E-state index >= 15 is 0 Å². The molecule has 1 aromatic carbocycles. The number of nitrogens with zero attached hydrogens (tertiary/aromatic N) is 1. The Kier molecular flexibility index (Phi) is 2.99. The van der Waals surface area contributed by atoms with E-state index in [4.69, 9.17) is 9.52 Å². The van der Waals surface area contributed by atoms with Crippen LogP contribution in [0.25, 0.3) is 11.1 Å². The number of aliphatic hydroxyl groups excluding tert-OH is 1. The first-order valence-electron chi connectivity index (χ1n) is 4.96. The summed E-state index contributed by atoms with van der Waals surface area (Å²) in [7, 11) is 1.88. The van der Waals surface area contributed by atoms with Crippen LogP contribution < -0.4 is 5.32 Å². The highest BCUT2D eigenvalue weighted by molar-refractivity contribution is 5.72. The van der Waals surface area contributed by atoms with Crippen molar-refractivity contribution >= 4 is 11.1 Å².